The lowest BCUT2D eigenvalue weighted by molar-refractivity contribution is 0.0698. The molecule has 1 atom stereocenters. The van der Waals surface area contributed by atoms with Gasteiger partial charge in [0, 0.05) is 24.5 Å². The number of carboxylic acid groups (broad SMARTS) is 1. The van der Waals surface area contributed by atoms with Crippen LogP contribution in [0.4, 0.5) is 11.4 Å². The number of nitrogens with two attached hydrogens (primary N) is 1. The number of carboxylic acids is 1. The fourth-order valence-corrected chi connectivity index (χ4v) is 2.57. The van der Waals surface area contributed by atoms with Crippen molar-refractivity contribution in [1.82, 2.24) is 0 Å². The summed E-state index contributed by atoms with van der Waals surface area (Å²) in [5.41, 5.74) is 7.36. The molecular formula is C14H20N2O2. The first-order valence-corrected chi connectivity index (χ1v) is 6.49. The maximum absolute atomic E-state index is 10.9. The van der Waals surface area contributed by atoms with Crippen molar-refractivity contribution in [3.63, 3.8) is 0 Å². The van der Waals surface area contributed by atoms with Gasteiger partial charge in [-0.2, -0.15) is 0 Å². The van der Waals surface area contributed by atoms with E-state index in [9.17, 15) is 4.79 Å². The molecule has 98 valence electrons. The fourth-order valence-electron chi connectivity index (χ4n) is 2.57. The Morgan fingerprint density at radius 3 is 2.94 bits per heavy atom. The number of hydrogen-bond donors (Lipinski definition) is 2. The van der Waals surface area contributed by atoms with Gasteiger partial charge in [-0.3, -0.25) is 0 Å². The first-order valence-electron chi connectivity index (χ1n) is 6.49. The highest BCUT2D eigenvalue weighted by atomic mass is 16.4. The third kappa shape index (κ3) is 2.58. The number of benzene rings is 1. The van der Waals surface area contributed by atoms with Gasteiger partial charge in [-0.15, -0.1) is 0 Å². The Kier molecular flexibility index (Phi) is 3.75. The Balaban J connectivity index is 2.18. The summed E-state index contributed by atoms with van der Waals surface area (Å²) >= 11 is 0. The molecule has 0 spiro atoms. The quantitative estimate of drug-likeness (QED) is 0.807. The molecule has 0 bridgehead atoms. The minimum absolute atomic E-state index is 0.183. The van der Waals surface area contributed by atoms with Crippen molar-refractivity contribution in [2.45, 2.75) is 26.2 Å². The number of aromatic carboxylic acids is 1. The molecule has 1 aromatic rings. The number of nitrogen functional groups attached to an aromatic ring is 1. The molecule has 0 amide bonds. The lowest BCUT2D eigenvalue weighted by atomic mass is 9.95. The second kappa shape index (κ2) is 5.29. The third-order valence-corrected chi connectivity index (χ3v) is 3.73. The molecule has 1 saturated heterocycles. The highest BCUT2D eigenvalue weighted by molar-refractivity contribution is 5.94. The van der Waals surface area contributed by atoms with E-state index < -0.39 is 5.97 Å². The summed E-state index contributed by atoms with van der Waals surface area (Å²) in [6, 6.07) is 5.24. The van der Waals surface area contributed by atoms with Gasteiger partial charge in [0.1, 0.15) is 0 Å². The van der Waals surface area contributed by atoms with Gasteiger partial charge in [-0.05, 0) is 37.0 Å². The Labute approximate surface area is 107 Å². The van der Waals surface area contributed by atoms with Crippen molar-refractivity contribution in [3.8, 4) is 0 Å². The minimum atomic E-state index is -0.968. The lowest BCUT2D eigenvalue weighted by Crippen LogP contribution is -2.35. The van der Waals surface area contributed by atoms with E-state index in [-0.39, 0.29) is 5.56 Å². The average Bonchev–Trinajstić information content (AvgIpc) is 2.38. The van der Waals surface area contributed by atoms with E-state index in [1.807, 2.05) is 6.07 Å². The van der Waals surface area contributed by atoms with Gasteiger partial charge in [0.05, 0.1) is 5.56 Å². The van der Waals surface area contributed by atoms with Crippen LogP contribution in [0.2, 0.25) is 0 Å². The first kappa shape index (κ1) is 12.7. The zero-order valence-corrected chi connectivity index (χ0v) is 10.7. The van der Waals surface area contributed by atoms with Crippen molar-refractivity contribution in [1.29, 1.82) is 0 Å². The topological polar surface area (TPSA) is 66.6 Å². The Morgan fingerprint density at radius 1 is 1.56 bits per heavy atom. The molecule has 1 unspecified atom stereocenters. The summed E-state index contributed by atoms with van der Waals surface area (Å²) in [6.07, 6.45) is 3.67. The number of rotatable bonds is 3. The summed E-state index contributed by atoms with van der Waals surface area (Å²) < 4.78 is 0. The van der Waals surface area contributed by atoms with Crippen LogP contribution in [-0.2, 0) is 0 Å². The number of hydrogen-bond acceptors (Lipinski definition) is 3. The SMILES string of the molecule is CCC1CCCN(c2ccc(C(=O)O)c(N)c2)C1. The number of carbonyl (C=O) groups is 1. The largest absolute Gasteiger partial charge is 0.478 e. The fraction of sp³-hybridized carbons (Fsp3) is 0.500. The monoisotopic (exact) mass is 248 g/mol. The maximum atomic E-state index is 10.9. The summed E-state index contributed by atoms with van der Waals surface area (Å²) in [5.74, 6) is -0.233. The van der Waals surface area contributed by atoms with Crippen LogP contribution < -0.4 is 10.6 Å². The second-order valence-electron chi connectivity index (χ2n) is 4.94. The average molecular weight is 248 g/mol. The van der Waals surface area contributed by atoms with Crippen LogP contribution in [-0.4, -0.2) is 24.2 Å². The highest BCUT2D eigenvalue weighted by Crippen LogP contribution is 2.27. The Hall–Kier alpha value is -1.71. The van der Waals surface area contributed by atoms with Crippen LogP contribution in [0.3, 0.4) is 0 Å². The van der Waals surface area contributed by atoms with E-state index in [4.69, 9.17) is 10.8 Å². The maximum Gasteiger partial charge on any atom is 0.337 e. The minimum Gasteiger partial charge on any atom is -0.478 e. The molecule has 0 aromatic heterocycles. The summed E-state index contributed by atoms with van der Waals surface area (Å²) in [4.78, 5) is 13.2. The molecule has 0 aliphatic carbocycles. The van der Waals surface area contributed by atoms with Crippen molar-refractivity contribution >= 4 is 17.3 Å². The normalized spacial score (nSPS) is 19.8. The Bertz CT molecular complexity index is 445. The molecule has 2 rings (SSSR count). The zero-order valence-electron chi connectivity index (χ0n) is 10.7. The molecule has 4 heteroatoms. The standard InChI is InChI=1S/C14H20N2O2/c1-2-10-4-3-7-16(9-10)11-5-6-12(14(17)18)13(15)8-11/h5-6,8,10H,2-4,7,9,15H2,1H3,(H,17,18). The molecule has 4 nitrogen and oxygen atoms in total. The van der Waals surface area contributed by atoms with Crippen molar-refractivity contribution in [3.05, 3.63) is 23.8 Å². The van der Waals surface area contributed by atoms with Gasteiger partial charge in [0.25, 0.3) is 0 Å². The molecule has 0 saturated carbocycles. The molecule has 1 aromatic carbocycles. The molecule has 1 aliphatic rings. The van der Waals surface area contributed by atoms with Crippen LogP contribution in [0.5, 0.6) is 0 Å². The van der Waals surface area contributed by atoms with Gasteiger partial charge >= 0.3 is 5.97 Å². The van der Waals surface area contributed by atoms with E-state index in [2.05, 4.69) is 11.8 Å². The lowest BCUT2D eigenvalue weighted by Gasteiger charge is -2.34. The molecule has 3 N–H and O–H groups in total. The molecular weight excluding hydrogens is 228 g/mol. The van der Waals surface area contributed by atoms with Gasteiger partial charge < -0.3 is 15.7 Å². The molecule has 1 fully saturated rings. The molecule has 18 heavy (non-hydrogen) atoms. The summed E-state index contributed by atoms with van der Waals surface area (Å²) in [7, 11) is 0. The van der Waals surface area contributed by atoms with Crippen LogP contribution in [0.15, 0.2) is 18.2 Å². The molecule has 1 aliphatic heterocycles. The molecule has 0 radical (unpaired) electrons. The Morgan fingerprint density at radius 2 is 2.33 bits per heavy atom. The number of anilines is 2. The van der Waals surface area contributed by atoms with E-state index >= 15 is 0 Å². The second-order valence-corrected chi connectivity index (χ2v) is 4.94. The van der Waals surface area contributed by atoms with E-state index in [1.54, 1.807) is 12.1 Å². The number of nitrogens with zero attached hydrogens (tertiary/aromatic N) is 1. The van der Waals surface area contributed by atoms with E-state index in [1.165, 1.54) is 19.3 Å². The predicted octanol–water partition coefficient (Wildman–Crippen LogP) is 2.59. The van der Waals surface area contributed by atoms with E-state index in [0.29, 0.717) is 5.69 Å². The van der Waals surface area contributed by atoms with Crippen LogP contribution in [0, 0.1) is 5.92 Å². The molecule has 1 heterocycles. The van der Waals surface area contributed by atoms with Gasteiger partial charge in [0.15, 0.2) is 0 Å². The predicted molar refractivity (Wildman–Crippen MR) is 73.0 cm³/mol. The van der Waals surface area contributed by atoms with Gasteiger partial charge in [-0.25, -0.2) is 4.79 Å². The van der Waals surface area contributed by atoms with Crippen molar-refractivity contribution in [2.75, 3.05) is 23.7 Å². The van der Waals surface area contributed by atoms with Gasteiger partial charge in [-0.1, -0.05) is 13.3 Å². The summed E-state index contributed by atoms with van der Waals surface area (Å²) in [6.45, 7) is 4.29. The zero-order chi connectivity index (χ0) is 13.1. The first-order chi connectivity index (χ1) is 8.61. The van der Waals surface area contributed by atoms with Crippen LogP contribution >= 0.6 is 0 Å². The summed E-state index contributed by atoms with van der Waals surface area (Å²) in [5, 5.41) is 8.95. The number of piperidine rings is 1. The smallest absolute Gasteiger partial charge is 0.337 e. The third-order valence-electron chi connectivity index (χ3n) is 3.73. The van der Waals surface area contributed by atoms with E-state index in [0.717, 1.165) is 24.7 Å². The van der Waals surface area contributed by atoms with Crippen LogP contribution in [0.25, 0.3) is 0 Å². The highest BCUT2D eigenvalue weighted by Gasteiger charge is 2.19. The van der Waals surface area contributed by atoms with Gasteiger partial charge in [0.2, 0.25) is 0 Å². The van der Waals surface area contributed by atoms with Crippen molar-refractivity contribution in [2.24, 2.45) is 5.92 Å². The van der Waals surface area contributed by atoms with Crippen LogP contribution in [0.1, 0.15) is 36.5 Å². The van der Waals surface area contributed by atoms with Crippen molar-refractivity contribution < 1.29 is 9.90 Å².